The molecule has 0 aliphatic rings. The minimum absolute atomic E-state index is 0.0143. The van der Waals surface area contributed by atoms with Crippen molar-refractivity contribution in [2.24, 2.45) is 0 Å². The van der Waals surface area contributed by atoms with Gasteiger partial charge in [-0.2, -0.15) is 0 Å². The van der Waals surface area contributed by atoms with Gasteiger partial charge in [-0.1, -0.05) is 302 Å². The molecule has 0 aliphatic heterocycles. The number of hydrogen-bond donors (Lipinski definition) is 1. The largest absolute Gasteiger partial charge is 0.472 e. The standard InChI is InChI=1S/C74H128NO8P/c1-6-8-10-12-14-16-18-20-22-24-26-27-28-29-30-31-32-33-34-35-36-37-38-39-40-41-42-43-44-45-46-47-49-50-52-54-56-58-60-62-64-66-73(76)80-70-72(71-82-84(78,79)81-69-68-75(3,4)5)83-74(77)67-65-63-61-59-57-55-53-51-48-25-23-21-19-17-15-13-11-9-7-2/h8-11,14-17,20-23,26-27,48,51,55,57,61,63,72H,6-7,12-13,18-19,24-25,28-47,49-50,52-54,56,58-60,62,64-71H2,1-5H3/p+1/b10-8-,11-9-,16-14-,17-15-,22-20-,23-21-,27-26-,51-48-,57-55-,63-61-. The quantitative estimate of drug-likeness (QED) is 0.0211. The Bertz CT molecular complexity index is 1830. The highest BCUT2D eigenvalue weighted by Gasteiger charge is 2.27. The first-order valence-electron chi connectivity index (χ1n) is 34.3. The van der Waals surface area contributed by atoms with Gasteiger partial charge >= 0.3 is 19.8 Å². The number of ether oxygens (including phenoxy) is 2. The number of nitrogens with zero attached hydrogens (tertiary/aromatic N) is 1. The van der Waals surface area contributed by atoms with Crippen molar-refractivity contribution in [2.45, 2.75) is 290 Å². The van der Waals surface area contributed by atoms with Crippen molar-refractivity contribution in [2.75, 3.05) is 47.5 Å². The first-order valence-corrected chi connectivity index (χ1v) is 35.8. The van der Waals surface area contributed by atoms with E-state index in [2.05, 4.69) is 123 Å². The predicted octanol–water partition coefficient (Wildman–Crippen LogP) is 22.3. The molecule has 0 radical (unpaired) electrons. The van der Waals surface area contributed by atoms with Crippen LogP contribution in [0.25, 0.3) is 0 Å². The van der Waals surface area contributed by atoms with Gasteiger partial charge in [-0.3, -0.25) is 18.6 Å². The molecule has 0 heterocycles. The highest BCUT2D eigenvalue weighted by atomic mass is 31.2. The van der Waals surface area contributed by atoms with E-state index in [0.717, 1.165) is 83.5 Å². The molecule has 0 aromatic carbocycles. The van der Waals surface area contributed by atoms with E-state index in [-0.39, 0.29) is 32.0 Å². The Labute approximate surface area is 518 Å². The summed E-state index contributed by atoms with van der Waals surface area (Å²) in [6.07, 6.45) is 92.1. The summed E-state index contributed by atoms with van der Waals surface area (Å²) in [6, 6.07) is 0. The third kappa shape index (κ3) is 67.5. The summed E-state index contributed by atoms with van der Waals surface area (Å²) in [5.74, 6) is -0.892. The van der Waals surface area contributed by atoms with Crippen LogP contribution in [-0.4, -0.2) is 74.9 Å². The van der Waals surface area contributed by atoms with Crippen molar-refractivity contribution in [3.8, 4) is 0 Å². The average molecular weight is 1190 g/mol. The Morgan fingerprint density at radius 3 is 1.00 bits per heavy atom. The molecular formula is C74H129NO8P+. The van der Waals surface area contributed by atoms with Gasteiger partial charge in [0.2, 0.25) is 0 Å². The Morgan fingerprint density at radius 1 is 0.369 bits per heavy atom. The van der Waals surface area contributed by atoms with Crippen LogP contribution in [0.1, 0.15) is 284 Å². The van der Waals surface area contributed by atoms with Crippen molar-refractivity contribution in [3.05, 3.63) is 122 Å². The Kier molecular flexibility index (Phi) is 61.2. The number of likely N-dealkylation sites (N-methyl/N-ethyl adjacent to an activating group) is 1. The molecule has 0 saturated carbocycles. The number of phosphoric acid groups is 1. The maximum atomic E-state index is 12.8. The highest BCUT2D eigenvalue weighted by Crippen LogP contribution is 2.43. The van der Waals surface area contributed by atoms with Gasteiger partial charge in [0.1, 0.15) is 19.8 Å². The minimum Gasteiger partial charge on any atom is -0.462 e. The van der Waals surface area contributed by atoms with Crippen LogP contribution in [-0.2, 0) is 32.7 Å². The molecule has 84 heavy (non-hydrogen) atoms. The lowest BCUT2D eigenvalue weighted by molar-refractivity contribution is -0.870. The van der Waals surface area contributed by atoms with Gasteiger partial charge in [0.25, 0.3) is 0 Å². The lowest BCUT2D eigenvalue weighted by Gasteiger charge is -2.24. The molecule has 1 N–H and O–H groups in total. The van der Waals surface area contributed by atoms with E-state index in [1.54, 1.807) is 0 Å². The number of allylic oxidation sites excluding steroid dienone is 20. The molecule has 9 nitrogen and oxygen atoms in total. The molecule has 0 aromatic heterocycles. The van der Waals surface area contributed by atoms with Crippen LogP contribution in [0.15, 0.2) is 122 Å². The Morgan fingerprint density at radius 2 is 0.667 bits per heavy atom. The van der Waals surface area contributed by atoms with Gasteiger partial charge in [-0.25, -0.2) is 4.57 Å². The second-order valence-corrected chi connectivity index (χ2v) is 25.3. The summed E-state index contributed by atoms with van der Waals surface area (Å²) in [5, 5.41) is 0. The van der Waals surface area contributed by atoms with Crippen molar-refractivity contribution >= 4 is 19.8 Å². The highest BCUT2D eigenvalue weighted by molar-refractivity contribution is 7.47. The third-order valence-electron chi connectivity index (χ3n) is 14.5. The fraction of sp³-hybridized carbons (Fsp3) is 0.703. The molecule has 2 atom stereocenters. The normalized spacial score (nSPS) is 13.9. The molecule has 2 unspecified atom stereocenters. The maximum absolute atomic E-state index is 12.8. The molecule has 0 bridgehead atoms. The number of phosphoric ester groups is 1. The molecule has 0 saturated heterocycles. The molecule has 482 valence electrons. The van der Waals surface area contributed by atoms with Crippen LogP contribution in [0.3, 0.4) is 0 Å². The third-order valence-corrected chi connectivity index (χ3v) is 15.5. The number of carbonyl (C=O) groups is 2. The summed E-state index contributed by atoms with van der Waals surface area (Å²) < 4.78 is 34.5. The average Bonchev–Trinajstić information content (AvgIpc) is 3.61. The zero-order valence-electron chi connectivity index (χ0n) is 54.9. The van der Waals surface area contributed by atoms with Gasteiger partial charge in [0, 0.05) is 12.8 Å². The van der Waals surface area contributed by atoms with E-state index in [0.29, 0.717) is 17.4 Å². The van der Waals surface area contributed by atoms with Crippen LogP contribution >= 0.6 is 7.82 Å². The van der Waals surface area contributed by atoms with E-state index in [9.17, 15) is 19.0 Å². The van der Waals surface area contributed by atoms with E-state index in [1.165, 1.54) is 167 Å². The summed E-state index contributed by atoms with van der Waals surface area (Å²) in [6.45, 7) is 4.13. The number of hydrogen-bond acceptors (Lipinski definition) is 7. The van der Waals surface area contributed by atoms with E-state index < -0.39 is 26.5 Å². The fourth-order valence-corrected chi connectivity index (χ4v) is 10.1. The van der Waals surface area contributed by atoms with Crippen LogP contribution in [0, 0.1) is 0 Å². The van der Waals surface area contributed by atoms with Gasteiger partial charge in [0.05, 0.1) is 27.7 Å². The molecule has 0 fully saturated rings. The lowest BCUT2D eigenvalue weighted by atomic mass is 10.0. The molecule has 0 spiro atoms. The van der Waals surface area contributed by atoms with E-state index in [1.807, 2.05) is 33.3 Å². The minimum atomic E-state index is -4.41. The fourth-order valence-electron chi connectivity index (χ4n) is 9.33. The summed E-state index contributed by atoms with van der Waals surface area (Å²) >= 11 is 0. The molecule has 0 rings (SSSR count). The number of carbonyl (C=O) groups excluding carboxylic acids is 2. The number of esters is 2. The molecular weight excluding hydrogens is 1060 g/mol. The number of unbranched alkanes of at least 4 members (excludes halogenated alkanes) is 28. The zero-order valence-corrected chi connectivity index (χ0v) is 55.7. The number of quaternary nitrogens is 1. The van der Waals surface area contributed by atoms with Gasteiger partial charge in [-0.05, 0) is 89.9 Å². The van der Waals surface area contributed by atoms with Crippen LogP contribution in [0.4, 0.5) is 0 Å². The lowest BCUT2D eigenvalue weighted by Crippen LogP contribution is -2.37. The molecule has 0 aromatic rings. The van der Waals surface area contributed by atoms with Crippen molar-refractivity contribution in [1.82, 2.24) is 0 Å². The van der Waals surface area contributed by atoms with Crippen molar-refractivity contribution in [3.63, 3.8) is 0 Å². The smallest absolute Gasteiger partial charge is 0.462 e. The topological polar surface area (TPSA) is 108 Å². The predicted molar refractivity (Wildman–Crippen MR) is 362 cm³/mol. The number of rotatable bonds is 62. The monoisotopic (exact) mass is 1190 g/mol. The summed E-state index contributed by atoms with van der Waals surface area (Å²) in [5.41, 5.74) is 0. The second-order valence-electron chi connectivity index (χ2n) is 23.8. The second kappa shape index (κ2) is 63.9. The first kappa shape index (κ1) is 80.4. The van der Waals surface area contributed by atoms with Crippen LogP contribution < -0.4 is 0 Å². The molecule has 0 amide bonds. The van der Waals surface area contributed by atoms with Gasteiger partial charge < -0.3 is 18.9 Å². The van der Waals surface area contributed by atoms with Gasteiger partial charge in [-0.15, -0.1) is 0 Å². The van der Waals surface area contributed by atoms with Crippen molar-refractivity contribution < 1.29 is 42.1 Å². The molecule has 10 heteroatoms. The van der Waals surface area contributed by atoms with Crippen molar-refractivity contribution in [1.29, 1.82) is 0 Å². The van der Waals surface area contributed by atoms with E-state index >= 15 is 0 Å². The molecule has 0 aliphatic carbocycles. The van der Waals surface area contributed by atoms with Gasteiger partial charge in [0.15, 0.2) is 6.10 Å². The Hall–Kier alpha value is -3.59. The van der Waals surface area contributed by atoms with E-state index in [4.69, 9.17) is 18.5 Å². The zero-order chi connectivity index (χ0) is 61.2. The maximum Gasteiger partial charge on any atom is 0.472 e. The summed E-state index contributed by atoms with van der Waals surface area (Å²) in [4.78, 5) is 35.7. The first-order chi connectivity index (χ1) is 41.0. The van der Waals surface area contributed by atoms with Crippen LogP contribution in [0.5, 0.6) is 0 Å². The summed E-state index contributed by atoms with van der Waals surface area (Å²) in [7, 11) is 1.43. The SMILES string of the molecule is CC/C=C\C/C=C\C/C=C\C/C=C\C/C=C\C/C=C\CCC(=O)OC(COC(=O)CCCCCCCCCCCCCCCCCCCCCCCCCCCCCC/C=C\C/C=C\C/C=C\C/C=C\CC)COP(=O)(O)OCC[N+](C)(C)C. The Balaban J connectivity index is 3.95. The van der Waals surface area contributed by atoms with Crippen LogP contribution in [0.2, 0.25) is 0 Å².